The monoisotopic (exact) mass is 316 g/mol. The van der Waals surface area contributed by atoms with Crippen LogP contribution in [0.5, 0.6) is 0 Å². The Morgan fingerprint density at radius 2 is 1.46 bits per heavy atom. The Morgan fingerprint density at radius 1 is 0.792 bits per heavy atom. The Morgan fingerprint density at radius 3 is 2.12 bits per heavy atom. The standard InChI is InChI=1S/C24H28/c1-19(2)13-16-22-11-8-12-23(24(22)18-14-20(3)4)17-15-21-9-6-5-7-10-21/h5-12,15,17H,1,3,13-14,16,18H2,2,4H3. The summed E-state index contributed by atoms with van der Waals surface area (Å²) < 4.78 is 0. The molecule has 0 N–H and O–H groups in total. The van der Waals surface area contributed by atoms with Gasteiger partial charge in [-0.25, -0.2) is 0 Å². The first-order valence-electron chi connectivity index (χ1n) is 8.69. The van der Waals surface area contributed by atoms with Crippen LogP contribution in [0.25, 0.3) is 12.2 Å². The highest BCUT2D eigenvalue weighted by atomic mass is 14.1. The maximum Gasteiger partial charge on any atom is -0.0221 e. The molecule has 0 fully saturated rings. The van der Waals surface area contributed by atoms with Gasteiger partial charge in [0.25, 0.3) is 0 Å². The van der Waals surface area contributed by atoms with E-state index in [1.807, 2.05) is 6.07 Å². The van der Waals surface area contributed by atoms with Crippen LogP contribution in [0.2, 0.25) is 0 Å². The van der Waals surface area contributed by atoms with Gasteiger partial charge < -0.3 is 0 Å². The summed E-state index contributed by atoms with van der Waals surface area (Å²) in [6.07, 6.45) is 8.64. The highest BCUT2D eigenvalue weighted by Gasteiger charge is 2.07. The molecule has 0 spiro atoms. The van der Waals surface area contributed by atoms with E-state index in [1.165, 1.54) is 33.4 Å². The van der Waals surface area contributed by atoms with Gasteiger partial charge in [-0.3, -0.25) is 0 Å². The number of rotatable bonds is 8. The molecule has 0 aliphatic rings. The molecule has 0 aliphatic heterocycles. The van der Waals surface area contributed by atoms with Crippen LogP contribution in [0.4, 0.5) is 0 Å². The van der Waals surface area contributed by atoms with Crippen LogP contribution in [-0.4, -0.2) is 0 Å². The third-order valence-corrected chi connectivity index (χ3v) is 4.19. The Hall–Kier alpha value is -2.34. The van der Waals surface area contributed by atoms with Gasteiger partial charge in [0.2, 0.25) is 0 Å². The van der Waals surface area contributed by atoms with Crippen molar-refractivity contribution in [1.82, 2.24) is 0 Å². The normalized spacial score (nSPS) is 10.9. The van der Waals surface area contributed by atoms with E-state index in [0.717, 1.165) is 25.7 Å². The van der Waals surface area contributed by atoms with E-state index in [-0.39, 0.29) is 0 Å². The molecule has 124 valence electrons. The van der Waals surface area contributed by atoms with Crippen LogP contribution in [-0.2, 0) is 12.8 Å². The first kappa shape index (κ1) is 18.0. The number of aryl methyl sites for hydroxylation is 1. The molecule has 0 aliphatic carbocycles. The molecule has 0 heteroatoms. The molecule has 0 aromatic heterocycles. The minimum absolute atomic E-state index is 1.04. The Balaban J connectivity index is 2.30. The summed E-state index contributed by atoms with van der Waals surface area (Å²) in [7, 11) is 0. The van der Waals surface area contributed by atoms with Crippen LogP contribution in [0.15, 0.2) is 72.8 Å². The van der Waals surface area contributed by atoms with Gasteiger partial charge in [0.05, 0.1) is 0 Å². The topological polar surface area (TPSA) is 0 Å². The lowest BCUT2D eigenvalue weighted by molar-refractivity contribution is 0.882. The Kier molecular flexibility index (Phi) is 6.81. The average molecular weight is 316 g/mol. The van der Waals surface area contributed by atoms with E-state index in [1.54, 1.807) is 0 Å². The Bertz CT molecular complexity index is 717. The molecule has 0 saturated carbocycles. The molecule has 24 heavy (non-hydrogen) atoms. The molecule has 2 aromatic carbocycles. The summed E-state index contributed by atoms with van der Waals surface area (Å²) in [5.74, 6) is 0. The predicted octanol–water partition coefficient (Wildman–Crippen LogP) is 6.87. The smallest absolute Gasteiger partial charge is 0.0221 e. The van der Waals surface area contributed by atoms with Crippen molar-refractivity contribution in [3.63, 3.8) is 0 Å². The first-order valence-corrected chi connectivity index (χ1v) is 8.69. The maximum absolute atomic E-state index is 4.07. The highest BCUT2D eigenvalue weighted by Crippen LogP contribution is 2.23. The molecule has 0 heterocycles. The second-order valence-electron chi connectivity index (χ2n) is 6.64. The molecule has 0 saturated heterocycles. The molecule has 0 radical (unpaired) electrons. The van der Waals surface area contributed by atoms with E-state index in [4.69, 9.17) is 0 Å². The third kappa shape index (κ3) is 5.70. The lowest BCUT2D eigenvalue weighted by atomic mass is 9.92. The molecule has 0 nitrogen and oxygen atoms in total. The zero-order valence-corrected chi connectivity index (χ0v) is 15.0. The number of allylic oxidation sites excluding steroid dienone is 2. The second-order valence-corrected chi connectivity index (χ2v) is 6.64. The lowest BCUT2D eigenvalue weighted by Gasteiger charge is -2.13. The van der Waals surface area contributed by atoms with Gasteiger partial charge in [0.15, 0.2) is 0 Å². The van der Waals surface area contributed by atoms with Crippen molar-refractivity contribution in [2.24, 2.45) is 0 Å². The van der Waals surface area contributed by atoms with Gasteiger partial charge in [-0.05, 0) is 61.8 Å². The fourth-order valence-corrected chi connectivity index (χ4v) is 2.79. The zero-order valence-electron chi connectivity index (χ0n) is 15.0. The van der Waals surface area contributed by atoms with Crippen molar-refractivity contribution in [2.45, 2.75) is 39.5 Å². The first-order chi connectivity index (χ1) is 11.6. The molecule has 2 aromatic rings. The van der Waals surface area contributed by atoms with Gasteiger partial charge in [0, 0.05) is 0 Å². The lowest BCUT2D eigenvalue weighted by Crippen LogP contribution is -1.99. The van der Waals surface area contributed by atoms with Crippen LogP contribution in [0, 0.1) is 0 Å². The van der Waals surface area contributed by atoms with Crippen LogP contribution < -0.4 is 0 Å². The summed E-state index contributed by atoms with van der Waals surface area (Å²) in [5, 5.41) is 0. The Labute approximate surface area is 147 Å². The summed E-state index contributed by atoms with van der Waals surface area (Å²) >= 11 is 0. The van der Waals surface area contributed by atoms with Gasteiger partial charge in [-0.15, -0.1) is 13.2 Å². The molecule has 0 unspecified atom stereocenters. The van der Waals surface area contributed by atoms with E-state index < -0.39 is 0 Å². The van der Waals surface area contributed by atoms with Crippen molar-refractivity contribution in [2.75, 3.05) is 0 Å². The van der Waals surface area contributed by atoms with Crippen LogP contribution in [0.3, 0.4) is 0 Å². The summed E-state index contributed by atoms with van der Waals surface area (Å²) in [6.45, 7) is 12.3. The minimum atomic E-state index is 1.04. The zero-order chi connectivity index (χ0) is 17.4. The minimum Gasteiger partial charge on any atom is -0.100 e. The van der Waals surface area contributed by atoms with Gasteiger partial charge >= 0.3 is 0 Å². The maximum atomic E-state index is 4.07. The van der Waals surface area contributed by atoms with Crippen LogP contribution >= 0.6 is 0 Å². The average Bonchev–Trinajstić information content (AvgIpc) is 2.57. The third-order valence-electron chi connectivity index (χ3n) is 4.19. The summed E-state index contributed by atoms with van der Waals surface area (Å²) in [4.78, 5) is 0. The van der Waals surface area contributed by atoms with Crippen molar-refractivity contribution in [1.29, 1.82) is 0 Å². The van der Waals surface area contributed by atoms with E-state index in [0.29, 0.717) is 0 Å². The van der Waals surface area contributed by atoms with Gasteiger partial charge in [-0.2, -0.15) is 0 Å². The highest BCUT2D eigenvalue weighted by molar-refractivity contribution is 5.71. The summed E-state index contributed by atoms with van der Waals surface area (Å²) in [6, 6.07) is 17.1. The van der Waals surface area contributed by atoms with Crippen molar-refractivity contribution in [3.8, 4) is 0 Å². The molecule has 2 rings (SSSR count). The quantitative estimate of drug-likeness (QED) is 0.368. The fourth-order valence-electron chi connectivity index (χ4n) is 2.79. The van der Waals surface area contributed by atoms with E-state index in [2.05, 4.69) is 81.6 Å². The van der Waals surface area contributed by atoms with Crippen molar-refractivity contribution >= 4 is 12.2 Å². The molecule has 0 atom stereocenters. The largest absolute Gasteiger partial charge is 0.100 e. The van der Waals surface area contributed by atoms with Crippen molar-refractivity contribution in [3.05, 3.63) is 95.1 Å². The van der Waals surface area contributed by atoms with Crippen molar-refractivity contribution < 1.29 is 0 Å². The number of benzene rings is 2. The fraction of sp³-hybridized carbons (Fsp3) is 0.250. The van der Waals surface area contributed by atoms with E-state index in [9.17, 15) is 0 Å². The number of hydrogen-bond acceptors (Lipinski definition) is 0. The van der Waals surface area contributed by atoms with Gasteiger partial charge in [0.1, 0.15) is 0 Å². The molecular formula is C24H28. The van der Waals surface area contributed by atoms with Gasteiger partial charge in [-0.1, -0.05) is 71.8 Å². The van der Waals surface area contributed by atoms with E-state index >= 15 is 0 Å². The second kappa shape index (κ2) is 9.08. The SMILES string of the molecule is C=C(C)CCc1cccc(C=Cc2ccccc2)c1CCC(=C)C. The summed E-state index contributed by atoms with van der Waals surface area (Å²) in [5.41, 5.74) is 7.92. The predicted molar refractivity (Wildman–Crippen MR) is 108 cm³/mol. The molecule has 0 bridgehead atoms. The van der Waals surface area contributed by atoms with Crippen LogP contribution in [0.1, 0.15) is 48.9 Å². The number of hydrogen-bond donors (Lipinski definition) is 0. The molecular weight excluding hydrogens is 288 g/mol. The molecule has 0 amide bonds.